The van der Waals surface area contributed by atoms with Crippen LogP contribution in [0.25, 0.3) is 0 Å². The van der Waals surface area contributed by atoms with Crippen LogP contribution in [-0.2, 0) is 23.9 Å². The van der Waals surface area contributed by atoms with Crippen molar-refractivity contribution in [3.8, 4) is 0 Å². The molecule has 1 fully saturated rings. The number of aliphatic carboxylic acids is 1. The minimum Gasteiger partial charge on any atom is -0.550 e. The Kier molecular flexibility index (Phi) is 9.57. The average molecular weight is 306 g/mol. The summed E-state index contributed by atoms with van der Waals surface area (Å²) in [6, 6.07) is 0. The normalized spacial score (nSPS) is 20.8. The van der Waals surface area contributed by atoms with E-state index >= 15 is 0 Å². The largest absolute Gasteiger partial charge is 1.00 e. The van der Waals surface area contributed by atoms with E-state index in [2.05, 4.69) is 6.58 Å². The van der Waals surface area contributed by atoms with Crippen LogP contribution >= 0.6 is 0 Å². The van der Waals surface area contributed by atoms with Crippen LogP contribution < -0.4 is 34.7 Å². The van der Waals surface area contributed by atoms with Crippen LogP contribution in [0.3, 0.4) is 0 Å². The number of hydrogen-bond donors (Lipinski definition) is 0. The molecule has 0 spiro atoms. The number of carboxylic acid groups (broad SMARTS) is 1. The summed E-state index contributed by atoms with van der Waals surface area (Å²) < 4.78 is 9.73. The zero-order valence-electron chi connectivity index (χ0n) is 12.6. The second kappa shape index (κ2) is 9.97. The number of carboxylic acids is 1. The summed E-state index contributed by atoms with van der Waals surface area (Å²) in [5.74, 6) is -3.77. The van der Waals surface area contributed by atoms with Crippen molar-refractivity contribution in [3.63, 3.8) is 0 Å². The number of hydrogen-bond acceptors (Lipinski definition) is 6. The van der Waals surface area contributed by atoms with Crippen molar-refractivity contribution in [2.24, 2.45) is 11.8 Å². The monoisotopic (exact) mass is 306 g/mol. The van der Waals surface area contributed by atoms with Crippen molar-refractivity contribution in [1.82, 2.24) is 0 Å². The number of rotatable bonds is 6. The minimum absolute atomic E-state index is 0. The van der Waals surface area contributed by atoms with Gasteiger partial charge in [-0.25, -0.2) is 4.79 Å². The molecular formula is C14H19NaO6. The molecule has 0 heterocycles. The van der Waals surface area contributed by atoms with Gasteiger partial charge in [0.15, 0.2) is 0 Å². The maximum absolute atomic E-state index is 11.8. The van der Waals surface area contributed by atoms with E-state index in [0.717, 1.165) is 12.8 Å². The van der Waals surface area contributed by atoms with Gasteiger partial charge in [-0.15, -0.1) is 0 Å². The molecule has 0 aromatic carbocycles. The van der Waals surface area contributed by atoms with Crippen molar-refractivity contribution >= 4 is 17.9 Å². The van der Waals surface area contributed by atoms with Crippen LogP contribution in [0, 0.1) is 11.8 Å². The minimum atomic E-state index is -1.21. The van der Waals surface area contributed by atoms with Gasteiger partial charge in [0.2, 0.25) is 0 Å². The SMILES string of the molecule is C=C(C)C(=O)OCCOC(=O)C1CCCCC1C(=O)[O-].[Na+]. The number of esters is 2. The van der Waals surface area contributed by atoms with Crippen LogP contribution in [0.15, 0.2) is 12.2 Å². The smallest absolute Gasteiger partial charge is 0.550 e. The number of carbonyl (C=O) groups excluding carboxylic acids is 3. The molecule has 1 aliphatic rings. The molecule has 0 aromatic rings. The molecule has 2 unspecified atom stereocenters. The first-order valence-corrected chi connectivity index (χ1v) is 6.63. The Morgan fingerprint density at radius 3 is 2.14 bits per heavy atom. The predicted molar refractivity (Wildman–Crippen MR) is 67.2 cm³/mol. The van der Waals surface area contributed by atoms with Gasteiger partial charge >= 0.3 is 41.5 Å². The third-order valence-electron chi connectivity index (χ3n) is 3.28. The van der Waals surface area contributed by atoms with E-state index in [0.29, 0.717) is 12.8 Å². The topological polar surface area (TPSA) is 92.7 Å². The van der Waals surface area contributed by atoms with Crippen molar-refractivity contribution in [2.45, 2.75) is 32.6 Å². The molecule has 0 bridgehead atoms. The third-order valence-corrected chi connectivity index (χ3v) is 3.28. The van der Waals surface area contributed by atoms with Gasteiger partial charge in [0, 0.05) is 17.5 Å². The van der Waals surface area contributed by atoms with Gasteiger partial charge in [-0.05, 0) is 19.8 Å². The molecule has 21 heavy (non-hydrogen) atoms. The first-order valence-electron chi connectivity index (χ1n) is 6.63. The zero-order chi connectivity index (χ0) is 15.1. The fourth-order valence-electron chi connectivity index (χ4n) is 2.20. The van der Waals surface area contributed by atoms with Crippen LogP contribution in [0.4, 0.5) is 0 Å². The maximum atomic E-state index is 11.8. The summed E-state index contributed by atoms with van der Waals surface area (Å²) >= 11 is 0. The van der Waals surface area contributed by atoms with E-state index in [4.69, 9.17) is 9.47 Å². The van der Waals surface area contributed by atoms with Crippen LogP contribution in [0.1, 0.15) is 32.6 Å². The van der Waals surface area contributed by atoms with Crippen molar-refractivity contribution in [2.75, 3.05) is 13.2 Å². The number of carbonyl (C=O) groups is 3. The molecule has 6 nitrogen and oxygen atoms in total. The summed E-state index contributed by atoms with van der Waals surface area (Å²) in [6.45, 7) is 4.77. The second-order valence-corrected chi connectivity index (χ2v) is 4.90. The molecule has 1 saturated carbocycles. The molecule has 0 radical (unpaired) electrons. The standard InChI is InChI=1S/C14H20O6.Na/c1-9(2)13(17)19-7-8-20-14(18)11-6-4-3-5-10(11)12(15)16;/h10-11H,1,3-8H2,2H3,(H,15,16);/q;+1/p-1. The molecule has 7 heteroatoms. The fourth-order valence-corrected chi connectivity index (χ4v) is 2.20. The molecule has 0 aromatic heterocycles. The molecule has 112 valence electrons. The molecule has 2 atom stereocenters. The molecule has 0 amide bonds. The first-order chi connectivity index (χ1) is 9.43. The van der Waals surface area contributed by atoms with Gasteiger partial charge in [-0.1, -0.05) is 19.4 Å². The van der Waals surface area contributed by atoms with E-state index in [1.165, 1.54) is 6.92 Å². The quantitative estimate of drug-likeness (QED) is 0.228. The van der Waals surface area contributed by atoms with Crippen LogP contribution in [0.5, 0.6) is 0 Å². The van der Waals surface area contributed by atoms with Crippen molar-refractivity contribution in [3.05, 3.63) is 12.2 Å². The summed E-state index contributed by atoms with van der Waals surface area (Å²) in [5, 5.41) is 11.0. The summed E-state index contributed by atoms with van der Waals surface area (Å²) in [7, 11) is 0. The Morgan fingerprint density at radius 1 is 1.10 bits per heavy atom. The Labute approximate surface area is 146 Å². The molecule has 0 aliphatic heterocycles. The third kappa shape index (κ3) is 6.63. The van der Waals surface area contributed by atoms with E-state index < -0.39 is 29.7 Å². The fraction of sp³-hybridized carbons (Fsp3) is 0.643. The van der Waals surface area contributed by atoms with E-state index in [1.807, 2.05) is 0 Å². The van der Waals surface area contributed by atoms with Gasteiger partial charge < -0.3 is 19.4 Å². The van der Waals surface area contributed by atoms with E-state index in [9.17, 15) is 19.5 Å². The van der Waals surface area contributed by atoms with Gasteiger partial charge in [-0.3, -0.25) is 4.79 Å². The van der Waals surface area contributed by atoms with Gasteiger partial charge in [0.05, 0.1) is 5.92 Å². The average Bonchev–Trinajstić information content (AvgIpc) is 2.42. The van der Waals surface area contributed by atoms with Crippen LogP contribution in [-0.4, -0.2) is 31.1 Å². The first kappa shape index (κ1) is 20.1. The molecule has 0 saturated heterocycles. The van der Waals surface area contributed by atoms with Gasteiger partial charge in [-0.2, -0.15) is 0 Å². The van der Waals surface area contributed by atoms with Gasteiger partial charge in [0.25, 0.3) is 0 Å². The Balaban J connectivity index is 0.00000400. The summed E-state index contributed by atoms with van der Waals surface area (Å²) in [5.41, 5.74) is 0.264. The van der Waals surface area contributed by atoms with E-state index in [-0.39, 0.29) is 48.3 Å². The maximum Gasteiger partial charge on any atom is 1.00 e. The van der Waals surface area contributed by atoms with Crippen molar-refractivity contribution < 1.29 is 58.5 Å². The predicted octanol–water partition coefficient (Wildman–Crippen LogP) is -2.79. The van der Waals surface area contributed by atoms with Crippen molar-refractivity contribution in [1.29, 1.82) is 0 Å². The van der Waals surface area contributed by atoms with Gasteiger partial charge in [0.1, 0.15) is 13.2 Å². The summed E-state index contributed by atoms with van der Waals surface area (Å²) in [6.07, 6.45) is 2.50. The Hall–Kier alpha value is -0.850. The number of ether oxygens (including phenoxy) is 2. The molecule has 1 rings (SSSR count). The Bertz CT molecular complexity index is 406. The molecule has 1 aliphatic carbocycles. The Morgan fingerprint density at radius 2 is 1.62 bits per heavy atom. The summed E-state index contributed by atoms with van der Waals surface area (Å²) in [4.78, 5) is 33.9. The molecular weight excluding hydrogens is 287 g/mol. The van der Waals surface area contributed by atoms with E-state index in [1.54, 1.807) is 0 Å². The van der Waals surface area contributed by atoms with Crippen LogP contribution in [0.2, 0.25) is 0 Å². The zero-order valence-corrected chi connectivity index (χ0v) is 14.6. The second-order valence-electron chi connectivity index (χ2n) is 4.90. The molecule has 0 N–H and O–H groups in total.